The lowest BCUT2D eigenvalue weighted by Crippen LogP contribution is -1.89. The van der Waals surface area contributed by atoms with Gasteiger partial charge in [0.05, 0.1) is 6.26 Å². The van der Waals surface area contributed by atoms with Crippen molar-refractivity contribution in [2.24, 2.45) is 0 Å². The van der Waals surface area contributed by atoms with Gasteiger partial charge in [-0.3, -0.25) is 4.98 Å². The molecular weight excluding hydrogens is 198 g/mol. The second kappa shape index (κ2) is 3.81. The van der Waals surface area contributed by atoms with Crippen LogP contribution in [0.5, 0.6) is 0 Å². The van der Waals surface area contributed by atoms with Gasteiger partial charge in [-0.2, -0.15) is 0 Å². The van der Waals surface area contributed by atoms with Gasteiger partial charge in [0.2, 0.25) is 0 Å². The highest BCUT2D eigenvalue weighted by Gasteiger charge is 2.03. The first-order valence-corrected chi connectivity index (χ1v) is 5.27. The van der Waals surface area contributed by atoms with E-state index in [0.717, 1.165) is 12.2 Å². The topological polar surface area (TPSA) is 26.0 Å². The van der Waals surface area contributed by atoms with Gasteiger partial charge >= 0.3 is 0 Å². The molecule has 3 rings (SSSR count). The maximum absolute atomic E-state index is 5.36. The molecule has 0 N–H and O–H groups in total. The Hall–Kier alpha value is -2.09. The molecular formula is C14H11NO. The number of nitrogens with zero attached hydrogens (tertiary/aromatic N) is 1. The molecule has 0 unspecified atom stereocenters. The molecule has 3 aromatic rings. The van der Waals surface area contributed by atoms with Crippen molar-refractivity contribution in [3.63, 3.8) is 0 Å². The summed E-state index contributed by atoms with van der Waals surface area (Å²) in [5.41, 5.74) is 1.20. The Bertz CT molecular complexity index is 594. The summed E-state index contributed by atoms with van der Waals surface area (Å²) in [6.45, 7) is 0. The van der Waals surface area contributed by atoms with Crippen molar-refractivity contribution in [2.45, 2.75) is 6.42 Å². The third-order valence-corrected chi connectivity index (χ3v) is 2.70. The van der Waals surface area contributed by atoms with E-state index >= 15 is 0 Å². The molecule has 0 spiro atoms. The zero-order valence-corrected chi connectivity index (χ0v) is 8.76. The highest BCUT2D eigenvalue weighted by molar-refractivity contribution is 5.84. The van der Waals surface area contributed by atoms with Crippen LogP contribution in [-0.4, -0.2) is 4.98 Å². The van der Waals surface area contributed by atoms with Crippen LogP contribution in [-0.2, 0) is 6.42 Å². The van der Waals surface area contributed by atoms with Gasteiger partial charge < -0.3 is 4.42 Å². The Morgan fingerprint density at radius 1 is 1.00 bits per heavy atom. The molecule has 78 valence electrons. The van der Waals surface area contributed by atoms with Crippen molar-refractivity contribution in [2.75, 3.05) is 0 Å². The minimum absolute atomic E-state index is 0.793. The molecule has 0 aliphatic carbocycles. The molecule has 0 aliphatic heterocycles. The average molecular weight is 209 g/mol. The van der Waals surface area contributed by atoms with Crippen LogP contribution in [0.2, 0.25) is 0 Å². The third kappa shape index (κ3) is 1.58. The van der Waals surface area contributed by atoms with Gasteiger partial charge in [-0.05, 0) is 23.1 Å². The van der Waals surface area contributed by atoms with E-state index in [1.165, 1.54) is 16.3 Å². The van der Waals surface area contributed by atoms with Crippen LogP contribution < -0.4 is 0 Å². The standard InChI is InChI=1S/C14H11NO/c1-2-6-14-11(4-1)9-15-10-12(14)8-13-5-3-7-16-13/h1-7,9-10H,8H2. The minimum atomic E-state index is 0.793. The second-order valence-corrected chi connectivity index (χ2v) is 3.78. The fraction of sp³-hybridized carbons (Fsp3) is 0.0714. The number of aromatic nitrogens is 1. The van der Waals surface area contributed by atoms with Gasteiger partial charge in [0.15, 0.2) is 0 Å². The van der Waals surface area contributed by atoms with Crippen LogP contribution in [0.25, 0.3) is 10.8 Å². The van der Waals surface area contributed by atoms with E-state index in [0.29, 0.717) is 0 Å². The molecule has 2 heterocycles. The average Bonchev–Trinajstić information content (AvgIpc) is 2.82. The molecule has 0 fully saturated rings. The maximum Gasteiger partial charge on any atom is 0.108 e. The molecule has 16 heavy (non-hydrogen) atoms. The van der Waals surface area contributed by atoms with E-state index in [2.05, 4.69) is 17.1 Å². The first-order valence-electron chi connectivity index (χ1n) is 5.27. The fourth-order valence-electron chi connectivity index (χ4n) is 1.92. The smallest absolute Gasteiger partial charge is 0.108 e. The van der Waals surface area contributed by atoms with Gasteiger partial charge in [-0.15, -0.1) is 0 Å². The van der Waals surface area contributed by atoms with E-state index in [1.54, 1.807) is 6.26 Å². The molecule has 1 aromatic carbocycles. The minimum Gasteiger partial charge on any atom is -0.469 e. The summed E-state index contributed by atoms with van der Waals surface area (Å²) < 4.78 is 5.36. The molecule has 0 aliphatic rings. The molecule has 0 saturated carbocycles. The zero-order valence-electron chi connectivity index (χ0n) is 8.76. The summed E-state index contributed by atoms with van der Waals surface area (Å²) >= 11 is 0. The summed E-state index contributed by atoms with van der Waals surface area (Å²) in [5, 5.41) is 2.42. The Balaban J connectivity index is 2.10. The maximum atomic E-state index is 5.36. The first-order chi connectivity index (χ1) is 7.93. The van der Waals surface area contributed by atoms with E-state index in [1.807, 2.05) is 36.7 Å². The molecule has 2 heteroatoms. The van der Waals surface area contributed by atoms with E-state index in [9.17, 15) is 0 Å². The van der Waals surface area contributed by atoms with Crippen molar-refractivity contribution in [1.82, 2.24) is 4.98 Å². The largest absolute Gasteiger partial charge is 0.469 e. The molecule has 0 saturated heterocycles. The molecule has 0 radical (unpaired) electrons. The monoisotopic (exact) mass is 209 g/mol. The highest BCUT2D eigenvalue weighted by Crippen LogP contribution is 2.19. The van der Waals surface area contributed by atoms with Gasteiger partial charge in [0.1, 0.15) is 5.76 Å². The number of pyridine rings is 1. The van der Waals surface area contributed by atoms with Crippen LogP contribution in [0.4, 0.5) is 0 Å². The number of benzene rings is 1. The van der Waals surface area contributed by atoms with Crippen molar-refractivity contribution >= 4 is 10.8 Å². The number of hydrogen-bond acceptors (Lipinski definition) is 2. The Kier molecular flexibility index (Phi) is 2.18. The molecule has 0 amide bonds. The normalized spacial score (nSPS) is 10.8. The van der Waals surface area contributed by atoms with E-state index in [4.69, 9.17) is 4.42 Å². The van der Waals surface area contributed by atoms with E-state index in [-0.39, 0.29) is 0 Å². The van der Waals surface area contributed by atoms with Crippen molar-refractivity contribution in [3.8, 4) is 0 Å². The molecule has 2 nitrogen and oxygen atoms in total. The van der Waals surface area contributed by atoms with Crippen LogP contribution >= 0.6 is 0 Å². The number of rotatable bonds is 2. The summed E-state index contributed by atoms with van der Waals surface area (Å²) in [5.74, 6) is 0.971. The zero-order chi connectivity index (χ0) is 10.8. The number of hydrogen-bond donors (Lipinski definition) is 0. The van der Waals surface area contributed by atoms with Crippen molar-refractivity contribution in [3.05, 3.63) is 66.4 Å². The van der Waals surface area contributed by atoms with Crippen LogP contribution in [0.1, 0.15) is 11.3 Å². The summed E-state index contributed by atoms with van der Waals surface area (Å²) in [7, 11) is 0. The highest BCUT2D eigenvalue weighted by atomic mass is 16.3. The second-order valence-electron chi connectivity index (χ2n) is 3.78. The fourth-order valence-corrected chi connectivity index (χ4v) is 1.92. The predicted molar refractivity (Wildman–Crippen MR) is 63.3 cm³/mol. The van der Waals surface area contributed by atoms with Gasteiger partial charge in [-0.1, -0.05) is 24.3 Å². The van der Waals surface area contributed by atoms with Gasteiger partial charge in [0.25, 0.3) is 0 Å². The Morgan fingerprint density at radius 2 is 1.94 bits per heavy atom. The summed E-state index contributed by atoms with van der Waals surface area (Å²) in [6.07, 6.45) is 6.29. The van der Waals surface area contributed by atoms with Crippen LogP contribution in [0.3, 0.4) is 0 Å². The number of fused-ring (bicyclic) bond motifs is 1. The van der Waals surface area contributed by atoms with Crippen molar-refractivity contribution < 1.29 is 4.42 Å². The lowest BCUT2D eigenvalue weighted by Gasteiger charge is -2.03. The van der Waals surface area contributed by atoms with Crippen molar-refractivity contribution in [1.29, 1.82) is 0 Å². The molecule has 2 aromatic heterocycles. The van der Waals surface area contributed by atoms with Gasteiger partial charge in [-0.25, -0.2) is 0 Å². The number of furan rings is 1. The summed E-state index contributed by atoms with van der Waals surface area (Å²) in [4.78, 5) is 4.25. The van der Waals surface area contributed by atoms with Gasteiger partial charge in [0, 0.05) is 24.2 Å². The lowest BCUT2D eigenvalue weighted by atomic mass is 10.0. The predicted octanol–water partition coefficient (Wildman–Crippen LogP) is 3.42. The Morgan fingerprint density at radius 3 is 2.81 bits per heavy atom. The van der Waals surface area contributed by atoms with Crippen LogP contribution in [0.15, 0.2) is 59.5 Å². The quantitative estimate of drug-likeness (QED) is 0.646. The van der Waals surface area contributed by atoms with E-state index < -0.39 is 0 Å². The molecule has 0 bridgehead atoms. The Labute approximate surface area is 93.5 Å². The van der Waals surface area contributed by atoms with Crippen LogP contribution in [0, 0.1) is 0 Å². The lowest BCUT2D eigenvalue weighted by molar-refractivity contribution is 0.521. The third-order valence-electron chi connectivity index (χ3n) is 2.70. The molecule has 0 atom stereocenters. The SMILES string of the molecule is c1coc(Cc2cncc3ccccc23)c1. The summed E-state index contributed by atoms with van der Waals surface area (Å²) in [6, 6.07) is 12.2. The first kappa shape index (κ1) is 9.16.